The zero-order valence-corrected chi connectivity index (χ0v) is 16.1. The molecule has 1 N–H and O–H groups in total. The van der Waals surface area contributed by atoms with Crippen LogP contribution >= 0.6 is 11.3 Å². The van der Waals surface area contributed by atoms with Crippen molar-refractivity contribution in [1.82, 2.24) is 15.2 Å². The van der Waals surface area contributed by atoms with Gasteiger partial charge in [-0.25, -0.2) is 4.98 Å². The second-order valence-electron chi connectivity index (χ2n) is 6.94. The number of amides is 1. The molecule has 27 heavy (non-hydrogen) atoms. The predicted octanol–water partition coefficient (Wildman–Crippen LogP) is 1.80. The number of nitrogens with one attached hydrogen (secondary N) is 1. The van der Waals surface area contributed by atoms with Gasteiger partial charge in [-0.1, -0.05) is 0 Å². The van der Waals surface area contributed by atoms with Crippen molar-refractivity contribution < 1.29 is 18.7 Å². The van der Waals surface area contributed by atoms with Crippen LogP contribution in [0.4, 0.5) is 0 Å². The Hall–Kier alpha value is -1.74. The molecule has 2 atom stereocenters. The maximum atomic E-state index is 12.5. The summed E-state index contributed by atoms with van der Waals surface area (Å²) >= 11 is 1.49. The zero-order valence-electron chi connectivity index (χ0n) is 15.3. The lowest BCUT2D eigenvalue weighted by Gasteiger charge is -2.37. The Kier molecular flexibility index (Phi) is 6.18. The Morgan fingerprint density at radius 2 is 2.22 bits per heavy atom. The van der Waals surface area contributed by atoms with Crippen LogP contribution in [0.2, 0.25) is 0 Å². The van der Waals surface area contributed by atoms with Gasteiger partial charge in [0, 0.05) is 43.6 Å². The molecule has 0 bridgehead atoms. The Morgan fingerprint density at radius 1 is 1.33 bits per heavy atom. The molecule has 2 aromatic heterocycles. The lowest BCUT2D eigenvalue weighted by molar-refractivity contribution is -0.121. The fraction of sp³-hybridized carbons (Fsp3) is 0.579. The predicted molar refractivity (Wildman–Crippen MR) is 102 cm³/mol. The summed E-state index contributed by atoms with van der Waals surface area (Å²) in [6.45, 7) is 5.57. The van der Waals surface area contributed by atoms with Gasteiger partial charge in [-0.15, -0.1) is 11.3 Å². The number of nitrogens with zero attached hydrogens (tertiary/aromatic N) is 2. The highest BCUT2D eigenvalue weighted by molar-refractivity contribution is 7.13. The Bertz CT molecular complexity index is 721. The van der Waals surface area contributed by atoms with E-state index in [2.05, 4.69) is 15.2 Å². The number of furan rings is 1. The highest BCUT2D eigenvalue weighted by atomic mass is 32.1. The summed E-state index contributed by atoms with van der Waals surface area (Å²) < 4.78 is 16.4. The first kappa shape index (κ1) is 18.6. The van der Waals surface area contributed by atoms with Crippen LogP contribution in [0.1, 0.15) is 12.1 Å². The third kappa shape index (κ3) is 4.76. The van der Waals surface area contributed by atoms with Crippen molar-refractivity contribution in [1.29, 1.82) is 0 Å². The van der Waals surface area contributed by atoms with E-state index in [-0.39, 0.29) is 12.3 Å². The van der Waals surface area contributed by atoms with Gasteiger partial charge in [0.25, 0.3) is 0 Å². The van der Waals surface area contributed by atoms with Crippen molar-refractivity contribution in [2.24, 2.45) is 5.92 Å². The first-order chi connectivity index (χ1) is 13.3. The molecular formula is C19H25N3O4S. The number of carbonyl (C=O) groups is 1. The lowest BCUT2D eigenvalue weighted by Crippen LogP contribution is -2.52. The standard InChI is InChI=1S/C19H25N3O4S/c23-18(10-15-13-27-19(21-15)17-2-1-6-26-17)20-11-16(14-3-7-25-12-14)22-4-8-24-9-5-22/h1-2,6,13-14,16H,3-5,7-12H2,(H,20,23)/t14-,16+/m0/s1. The lowest BCUT2D eigenvalue weighted by atomic mass is 9.97. The normalized spacial score (nSPS) is 22.0. The fourth-order valence-corrected chi connectivity index (χ4v) is 4.49. The summed E-state index contributed by atoms with van der Waals surface area (Å²) in [7, 11) is 0. The van der Waals surface area contributed by atoms with E-state index in [9.17, 15) is 4.79 Å². The van der Waals surface area contributed by atoms with Crippen molar-refractivity contribution in [3.05, 3.63) is 29.5 Å². The molecule has 2 aromatic rings. The summed E-state index contributed by atoms with van der Waals surface area (Å²) in [5.41, 5.74) is 0.774. The molecule has 4 heterocycles. The number of carbonyl (C=O) groups excluding carboxylic acids is 1. The molecule has 0 radical (unpaired) electrons. The molecule has 2 fully saturated rings. The summed E-state index contributed by atoms with van der Waals surface area (Å²) in [6, 6.07) is 4.01. The van der Waals surface area contributed by atoms with Crippen molar-refractivity contribution in [2.75, 3.05) is 46.1 Å². The molecule has 4 rings (SSSR count). The summed E-state index contributed by atoms with van der Waals surface area (Å²) in [5.74, 6) is 1.21. The minimum Gasteiger partial charge on any atom is -0.462 e. The van der Waals surface area contributed by atoms with Crippen LogP contribution in [-0.4, -0.2) is 67.9 Å². The summed E-state index contributed by atoms with van der Waals surface area (Å²) in [4.78, 5) is 19.4. The number of aromatic nitrogens is 1. The summed E-state index contributed by atoms with van der Waals surface area (Å²) in [5, 5.41) is 5.83. The van der Waals surface area contributed by atoms with E-state index in [1.807, 2.05) is 17.5 Å². The molecule has 0 unspecified atom stereocenters. The van der Waals surface area contributed by atoms with Gasteiger partial charge >= 0.3 is 0 Å². The van der Waals surface area contributed by atoms with Gasteiger partial charge in [-0.3, -0.25) is 9.69 Å². The third-order valence-electron chi connectivity index (χ3n) is 5.16. The van der Waals surface area contributed by atoms with Crippen molar-refractivity contribution >= 4 is 17.2 Å². The topological polar surface area (TPSA) is 76.8 Å². The van der Waals surface area contributed by atoms with Crippen LogP contribution in [0.5, 0.6) is 0 Å². The highest BCUT2D eigenvalue weighted by Gasteiger charge is 2.31. The van der Waals surface area contributed by atoms with Gasteiger partial charge in [0.2, 0.25) is 5.91 Å². The van der Waals surface area contributed by atoms with Crippen molar-refractivity contribution in [3.8, 4) is 10.8 Å². The minimum atomic E-state index is 0.00321. The highest BCUT2D eigenvalue weighted by Crippen LogP contribution is 2.24. The molecular weight excluding hydrogens is 366 g/mol. The quantitative estimate of drug-likeness (QED) is 0.776. The zero-order chi connectivity index (χ0) is 18.5. The van der Waals surface area contributed by atoms with Crippen LogP contribution in [0.15, 0.2) is 28.2 Å². The average molecular weight is 391 g/mol. The molecule has 0 spiro atoms. The second-order valence-corrected chi connectivity index (χ2v) is 7.80. The number of thiazole rings is 1. The first-order valence-electron chi connectivity index (χ1n) is 9.44. The van der Waals surface area contributed by atoms with E-state index in [1.165, 1.54) is 11.3 Å². The minimum absolute atomic E-state index is 0.00321. The Labute approximate surface area is 162 Å². The Morgan fingerprint density at radius 3 is 2.96 bits per heavy atom. The van der Waals surface area contributed by atoms with Crippen molar-refractivity contribution in [3.63, 3.8) is 0 Å². The number of hydrogen-bond acceptors (Lipinski definition) is 7. The van der Waals surface area contributed by atoms with E-state index >= 15 is 0 Å². The summed E-state index contributed by atoms with van der Waals surface area (Å²) in [6.07, 6.45) is 2.96. The van der Waals surface area contributed by atoms with E-state index in [4.69, 9.17) is 13.9 Å². The van der Waals surface area contributed by atoms with Gasteiger partial charge < -0.3 is 19.2 Å². The van der Waals surface area contributed by atoms with Crippen LogP contribution in [-0.2, 0) is 20.7 Å². The van der Waals surface area contributed by atoms with Crippen LogP contribution in [0.25, 0.3) is 10.8 Å². The average Bonchev–Trinajstić information content (AvgIpc) is 3.45. The van der Waals surface area contributed by atoms with E-state index < -0.39 is 0 Å². The molecule has 2 aliphatic rings. The number of hydrogen-bond donors (Lipinski definition) is 1. The molecule has 2 saturated heterocycles. The van der Waals surface area contributed by atoms with Gasteiger partial charge in [0.05, 0.1) is 38.2 Å². The molecule has 8 heteroatoms. The fourth-order valence-electron chi connectivity index (χ4n) is 3.71. The molecule has 7 nitrogen and oxygen atoms in total. The van der Waals surface area contributed by atoms with Gasteiger partial charge in [-0.2, -0.15) is 0 Å². The van der Waals surface area contributed by atoms with Crippen LogP contribution < -0.4 is 5.32 Å². The smallest absolute Gasteiger partial charge is 0.226 e. The van der Waals surface area contributed by atoms with E-state index in [1.54, 1.807) is 6.26 Å². The van der Waals surface area contributed by atoms with Gasteiger partial charge in [-0.05, 0) is 18.6 Å². The maximum Gasteiger partial charge on any atom is 0.226 e. The van der Waals surface area contributed by atoms with Crippen molar-refractivity contribution in [2.45, 2.75) is 18.9 Å². The molecule has 1 amide bonds. The van der Waals surface area contributed by atoms with Crippen LogP contribution in [0, 0.1) is 5.92 Å². The second kappa shape index (κ2) is 8.97. The molecule has 0 aliphatic carbocycles. The molecule has 146 valence electrons. The van der Waals surface area contributed by atoms with Crippen LogP contribution in [0.3, 0.4) is 0 Å². The molecule has 2 aliphatic heterocycles. The third-order valence-corrected chi connectivity index (χ3v) is 6.06. The largest absolute Gasteiger partial charge is 0.462 e. The Balaban J connectivity index is 1.32. The van der Waals surface area contributed by atoms with Gasteiger partial charge in [0.15, 0.2) is 10.8 Å². The van der Waals surface area contributed by atoms with E-state index in [0.717, 1.165) is 62.4 Å². The SMILES string of the molecule is O=C(Cc1csc(-c2ccco2)n1)NC[C@H]([C@H]1CCOC1)N1CCOCC1. The first-order valence-corrected chi connectivity index (χ1v) is 10.3. The number of ether oxygens (including phenoxy) is 2. The molecule has 0 aromatic carbocycles. The van der Waals surface area contributed by atoms with Gasteiger partial charge in [0.1, 0.15) is 0 Å². The number of rotatable bonds is 7. The monoisotopic (exact) mass is 391 g/mol. The molecule has 0 saturated carbocycles. The van der Waals surface area contributed by atoms with E-state index in [0.29, 0.717) is 18.5 Å². The number of morpholine rings is 1. The maximum absolute atomic E-state index is 12.5.